The van der Waals surface area contributed by atoms with Crippen molar-refractivity contribution in [2.75, 3.05) is 0 Å². The standard InChI is InChI=1S/C10H12N2O2/c1-6-7-4-2-3-5-8(7)11-10(13)9(6)12-14/h4-5,10-11,13H,2-3H2,1H3. The summed E-state index contributed by atoms with van der Waals surface area (Å²) in [6.07, 6.45) is 5.07. The lowest BCUT2D eigenvalue weighted by atomic mass is 9.92. The molecular weight excluding hydrogens is 180 g/mol. The maximum Gasteiger partial charge on any atom is 0.171 e. The molecule has 2 rings (SSSR count). The van der Waals surface area contributed by atoms with Gasteiger partial charge in [-0.25, -0.2) is 0 Å². The molecule has 0 spiro atoms. The van der Waals surface area contributed by atoms with Gasteiger partial charge in [0.2, 0.25) is 0 Å². The first-order valence-corrected chi connectivity index (χ1v) is 4.64. The molecule has 0 aromatic carbocycles. The van der Waals surface area contributed by atoms with Crippen LogP contribution in [-0.2, 0) is 0 Å². The highest BCUT2D eigenvalue weighted by Crippen LogP contribution is 2.31. The van der Waals surface area contributed by atoms with Crippen molar-refractivity contribution in [1.29, 1.82) is 0 Å². The topological polar surface area (TPSA) is 61.7 Å². The summed E-state index contributed by atoms with van der Waals surface area (Å²) in [5.41, 5.74) is 2.87. The van der Waals surface area contributed by atoms with Crippen LogP contribution in [0.4, 0.5) is 0 Å². The third kappa shape index (κ3) is 1.28. The molecule has 0 amide bonds. The van der Waals surface area contributed by atoms with E-state index < -0.39 is 6.23 Å². The molecule has 0 saturated carbocycles. The molecule has 4 heteroatoms. The Hall–Kier alpha value is -1.42. The zero-order chi connectivity index (χ0) is 10.1. The van der Waals surface area contributed by atoms with Crippen LogP contribution in [0.3, 0.4) is 0 Å². The third-order valence-corrected chi connectivity index (χ3v) is 2.59. The van der Waals surface area contributed by atoms with E-state index in [1.807, 2.05) is 13.0 Å². The Morgan fingerprint density at radius 3 is 2.93 bits per heavy atom. The number of nitrogens with zero attached hydrogens (tertiary/aromatic N) is 1. The van der Waals surface area contributed by atoms with Crippen molar-refractivity contribution >= 4 is 0 Å². The molecule has 1 aliphatic carbocycles. The molecule has 4 nitrogen and oxygen atoms in total. The Morgan fingerprint density at radius 2 is 2.21 bits per heavy atom. The fourth-order valence-corrected chi connectivity index (χ4v) is 1.84. The maximum absolute atomic E-state index is 10.5. The quantitative estimate of drug-likeness (QED) is 0.619. The molecule has 2 aliphatic rings. The Bertz CT molecular complexity index is 366. The van der Waals surface area contributed by atoms with Gasteiger partial charge in [-0.05, 0) is 36.1 Å². The van der Waals surface area contributed by atoms with Crippen molar-refractivity contribution in [3.05, 3.63) is 39.6 Å². The smallest absolute Gasteiger partial charge is 0.171 e. The minimum absolute atomic E-state index is 0.190. The highest BCUT2D eigenvalue weighted by molar-refractivity contribution is 5.52. The molecule has 0 aromatic rings. The van der Waals surface area contributed by atoms with E-state index in [1.165, 1.54) is 0 Å². The van der Waals surface area contributed by atoms with Crippen LogP contribution in [0.15, 0.2) is 39.9 Å². The van der Waals surface area contributed by atoms with Crippen molar-refractivity contribution in [3.63, 3.8) is 0 Å². The average Bonchev–Trinajstić information content (AvgIpc) is 2.18. The zero-order valence-electron chi connectivity index (χ0n) is 7.95. The molecule has 14 heavy (non-hydrogen) atoms. The number of rotatable bonds is 1. The molecular formula is C10H12N2O2. The summed E-state index contributed by atoms with van der Waals surface area (Å²) >= 11 is 0. The monoisotopic (exact) mass is 192 g/mol. The number of nitrogens with one attached hydrogen (secondary N) is 1. The van der Waals surface area contributed by atoms with E-state index in [9.17, 15) is 10.0 Å². The van der Waals surface area contributed by atoms with Gasteiger partial charge < -0.3 is 10.4 Å². The van der Waals surface area contributed by atoms with E-state index in [0.29, 0.717) is 0 Å². The van der Waals surface area contributed by atoms with Gasteiger partial charge in [0.25, 0.3) is 0 Å². The Morgan fingerprint density at radius 1 is 1.50 bits per heavy atom. The van der Waals surface area contributed by atoms with Gasteiger partial charge in [0, 0.05) is 5.70 Å². The molecule has 0 radical (unpaired) electrons. The van der Waals surface area contributed by atoms with E-state index in [1.54, 1.807) is 0 Å². The van der Waals surface area contributed by atoms with Gasteiger partial charge in [-0.3, -0.25) is 0 Å². The van der Waals surface area contributed by atoms with Crippen molar-refractivity contribution in [3.8, 4) is 0 Å². The Labute approximate surface area is 82.0 Å². The van der Waals surface area contributed by atoms with Gasteiger partial charge in [0.15, 0.2) is 6.23 Å². The van der Waals surface area contributed by atoms with E-state index in [4.69, 9.17) is 0 Å². The van der Waals surface area contributed by atoms with Crippen LogP contribution in [0.1, 0.15) is 19.8 Å². The lowest BCUT2D eigenvalue weighted by Crippen LogP contribution is -2.35. The van der Waals surface area contributed by atoms with E-state index >= 15 is 0 Å². The fourth-order valence-electron chi connectivity index (χ4n) is 1.84. The molecule has 0 bridgehead atoms. The second-order valence-electron chi connectivity index (χ2n) is 3.46. The molecule has 0 saturated heterocycles. The summed E-state index contributed by atoms with van der Waals surface area (Å²) in [4.78, 5) is 10.5. The highest BCUT2D eigenvalue weighted by Gasteiger charge is 2.26. The summed E-state index contributed by atoms with van der Waals surface area (Å²) in [6.45, 7) is 1.81. The lowest BCUT2D eigenvalue weighted by Gasteiger charge is -2.28. The zero-order valence-corrected chi connectivity index (χ0v) is 7.95. The number of nitroso groups, excluding NO2 is 1. The Balaban J connectivity index is 2.49. The van der Waals surface area contributed by atoms with E-state index in [0.717, 1.165) is 29.7 Å². The number of allylic oxidation sites excluding steroid dienone is 3. The summed E-state index contributed by atoms with van der Waals surface area (Å²) in [6, 6.07) is 0. The van der Waals surface area contributed by atoms with Gasteiger partial charge in [-0.1, -0.05) is 12.2 Å². The van der Waals surface area contributed by atoms with Crippen molar-refractivity contribution in [1.82, 2.24) is 5.32 Å². The molecule has 0 fully saturated rings. The number of hydrogen-bond acceptors (Lipinski definition) is 4. The van der Waals surface area contributed by atoms with Crippen LogP contribution in [0.2, 0.25) is 0 Å². The molecule has 2 N–H and O–H groups in total. The molecule has 74 valence electrons. The SMILES string of the molecule is CC1=C(N=O)C(O)NC2=CCCC=C21. The molecule has 1 heterocycles. The molecule has 1 unspecified atom stereocenters. The normalized spacial score (nSPS) is 26.0. The third-order valence-electron chi connectivity index (χ3n) is 2.59. The number of aliphatic hydroxyl groups excluding tert-OH is 1. The van der Waals surface area contributed by atoms with Crippen LogP contribution in [0.5, 0.6) is 0 Å². The second-order valence-corrected chi connectivity index (χ2v) is 3.46. The molecule has 1 atom stereocenters. The average molecular weight is 192 g/mol. The van der Waals surface area contributed by atoms with Gasteiger partial charge >= 0.3 is 0 Å². The predicted molar refractivity (Wildman–Crippen MR) is 53.0 cm³/mol. The van der Waals surface area contributed by atoms with Crippen molar-refractivity contribution in [2.45, 2.75) is 26.0 Å². The predicted octanol–water partition coefficient (Wildman–Crippen LogP) is 1.55. The first kappa shape index (κ1) is 9.15. The van der Waals surface area contributed by atoms with Crippen LogP contribution in [-0.4, -0.2) is 11.3 Å². The second kappa shape index (κ2) is 3.38. The fraction of sp³-hybridized carbons (Fsp3) is 0.400. The van der Waals surface area contributed by atoms with Gasteiger partial charge in [-0.2, -0.15) is 0 Å². The summed E-state index contributed by atoms with van der Waals surface area (Å²) in [5, 5.41) is 15.2. The number of fused-ring (bicyclic) bond motifs is 1. The van der Waals surface area contributed by atoms with Gasteiger partial charge in [0.1, 0.15) is 5.70 Å². The minimum Gasteiger partial charge on any atom is -0.368 e. The van der Waals surface area contributed by atoms with E-state index in [2.05, 4.69) is 16.6 Å². The summed E-state index contributed by atoms with van der Waals surface area (Å²) in [5.74, 6) is 0. The van der Waals surface area contributed by atoms with Crippen LogP contribution >= 0.6 is 0 Å². The van der Waals surface area contributed by atoms with Crippen LogP contribution in [0.25, 0.3) is 0 Å². The lowest BCUT2D eigenvalue weighted by molar-refractivity contribution is 0.180. The maximum atomic E-state index is 10.5. The van der Waals surface area contributed by atoms with Crippen molar-refractivity contribution < 1.29 is 5.11 Å². The minimum atomic E-state index is -0.964. The van der Waals surface area contributed by atoms with Crippen LogP contribution in [0, 0.1) is 4.91 Å². The molecule has 0 aromatic heterocycles. The largest absolute Gasteiger partial charge is 0.368 e. The van der Waals surface area contributed by atoms with Crippen LogP contribution < -0.4 is 5.32 Å². The van der Waals surface area contributed by atoms with Crippen molar-refractivity contribution in [2.24, 2.45) is 5.18 Å². The number of aliphatic hydroxyl groups is 1. The first-order chi connectivity index (χ1) is 6.74. The summed E-state index contributed by atoms with van der Waals surface area (Å²) < 4.78 is 0. The number of hydrogen-bond donors (Lipinski definition) is 2. The first-order valence-electron chi connectivity index (χ1n) is 4.64. The van der Waals surface area contributed by atoms with Gasteiger partial charge in [-0.15, -0.1) is 4.91 Å². The van der Waals surface area contributed by atoms with E-state index in [-0.39, 0.29) is 5.70 Å². The Kier molecular flexibility index (Phi) is 2.21. The van der Waals surface area contributed by atoms with Gasteiger partial charge in [0.05, 0.1) is 0 Å². The highest BCUT2D eigenvalue weighted by atomic mass is 16.3. The molecule has 1 aliphatic heterocycles. The summed E-state index contributed by atoms with van der Waals surface area (Å²) in [7, 11) is 0.